The fourth-order valence-corrected chi connectivity index (χ4v) is 8.06. The Balaban J connectivity index is 1.40. The molecule has 0 aromatic heterocycles. The zero-order valence-electron chi connectivity index (χ0n) is 29.2. The number of methoxy groups -OCH3 is 1. The van der Waals surface area contributed by atoms with Crippen molar-refractivity contribution in [2.75, 3.05) is 21.2 Å². The number of ketones is 2. The van der Waals surface area contributed by atoms with Gasteiger partial charge in [-0.1, -0.05) is 19.1 Å². The topological polar surface area (TPSA) is 222 Å². The summed E-state index contributed by atoms with van der Waals surface area (Å²) in [6.45, 7) is 5.01. The maximum Gasteiger partial charge on any atom is 0.316 e. The van der Waals surface area contributed by atoms with Crippen molar-refractivity contribution >= 4 is 17.5 Å². The van der Waals surface area contributed by atoms with E-state index < -0.39 is 107 Å². The van der Waals surface area contributed by atoms with E-state index in [1.165, 1.54) is 18.2 Å². The molecule has 2 aromatic rings. The van der Waals surface area contributed by atoms with Crippen molar-refractivity contribution in [2.45, 2.75) is 113 Å². The molecule has 0 spiro atoms. The van der Waals surface area contributed by atoms with E-state index in [4.69, 9.17) is 23.7 Å². The Kier molecular flexibility index (Phi) is 9.97. The lowest BCUT2D eigenvalue weighted by Crippen LogP contribution is -2.57. The number of benzene rings is 2. The highest BCUT2D eigenvalue weighted by molar-refractivity contribution is 6.31. The largest absolute Gasteiger partial charge is 0.507 e. The minimum atomic E-state index is -1.91. The third kappa shape index (κ3) is 6.08. The van der Waals surface area contributed by atoms with Gasteiger partial charge >= 0.3 is 5.97 Å². The number of aliphatic hydroxyl groups excluding tert-OH is 2. The molecule has 2 fully saturated rings. The van der Waals surface area contributed by atoms with E-state index in [1.807, 2.05) is 19.0 Å². The summed E-state index contributed by atoms with van der Waals surface area (Å²) < 4.78 is 29.9. The molecule has 8 unspecified atom stereocenters. The highest BCUT2D eigenvalue weighted by atomic mass is 16.7. The molecule has 0 saturated carbocycles. The van der Waals surface area contributed by atoms with Gasteiger partial charge in [0.15, 0.2) is 18.4 Å². The van der Waals surface area contributed by atoms with Crippen molar-refractivity contribution in [3.63, 3.8) is 0 Å². The molecular formula is C36H45NO14. The second kappa shape index (κ2) is 13.7. The van der Waals surface area contributed by atoms with Crippen LogP contribution in [0.2, 0.25) is 0 Å². The molecule has 11 atom stereocenters. The number of nitrogens with zero attached hydrogens (tertiary/aromatic N) is 1. The molecule has 6 N–H and O–H groups in total. The molecule has 51 heavy (non-hydrogen) atoms. The Morgan fingerprint density at radius 1 is 0.922 bits per heavy atom. The van der Waals surface area contributed by atoms with Crippen LogP contribution in [0.1, 0.15) is 101 Å². The van der Waals surface area contributed by atoms with Crippen LogP contribution in [0.15, 0.2) is 18.2 Å². The zero-order chi connectivity index (χ0) is 37.3. The van der Waals surface area contributed by atoms with Gasteiger partial charge in [0.2, 0.25) is 5.78 Å². The van der Waals surface area contributed by atoms with E-state index >= 15 is 0 Å². The van der Waals surface area contributed by atoms with Crippen molar-refractivity contribution in [2.24, 2.45) is 0 Å². The zero-order valence-corrected chi connectivity index (χ0v) is 29.2. The van der Waals surface area contributed by atoms with Crippen molar-refractivity contribution in [3.8, 4) is 17.2 Å². The van der Waals surface area contributed by atoms with Gasteiger partial charge in [0.05, 0.1) is 53.8 Å². The molecule has 15 nitrogen and oxygen atoms in total. The normalized spacial score (nSPS) is 34.9. The lowest BCUT2D eigenvalue weighted by Gasteiger charge is -2.48. The number of likely N-dealkylation sites (N-methyl/N-ethyl adjacent to an activating group) is 1. The Bertz CT molecular complexity index is 1720. The predicted octanol–water partition coefficient (Wildman–Crippen LogP) is 1.74. The van der Waals surface area contributed by atoms with Crippen LogP contribution >= 0.6 is 0 Å². The molecule has 0 amide bonds. The summed E-state index contributed by atoms with van der Waals surface area (Å²) in [5.41, 5.74) is -4.13. The first-order valence-electron chi connectivity index (χ1n) is 17.0. The molecule has 2 aromatic carbocycles. The first-order chi connectivity index (χ1) is 24.0. The predicted molar refractivity (Wildman–Crippen MR) is 175 cm³/mol. The van der Waals surface area contributed by atoms with E-state index in [-0.39, 0.29) is 54.0 Å². The summed E-state index contributed by atoms with van der Waals surface area (Å²) in [6, 6.07) is 3.51. The number of esters is 1. The Labute approximate surface area is 294 Å². The molecule has 2 aliphatic heterocycles. The van der Waals surface area contributed by atoms with Crippen LogP contribution in [0.5, 0.6) is 17.2 Å². The Hall–Kier alpha value is -3.67. The van der Waals surface area contributed by atoms with Crippen molar-refractivity contribution < 1.29 is 68.7 Å². The summed E-state index contributed by atoms with van der Waals surface area (Å²) in [6.07, 6.45) is -7.23. The number of rotatable bonds is 7. The maximum absolute atomic E-state index is 13.9. The molecular weight excluding hydrogens is 670 g/mol. The summed E-state index contributed by atoms with van der Waals surface area (Å²) >= 11 is 0. The molecule has 4 aliphatic rings. The Morgan fingerprint density at radius 3 is 2.18 bits per heavy atom. The van der Waals surface area contributed by atoms with Crippen molar-refractivity contribution in [1.82, 2.24) is 4.90 Å². The van der Waals surface area contributed by atoms with E-state index in [9.17, 15) is 45.0 Å². The Morgan fingerprint density at radius 2 is 1.55 bits per heavy atom. The number of aromatic hydroxyl groups is 3. The van der Waals surface area contributed by atoms with Gasteiger partial charge in [0.1, 0.15) is 35.4 Å². The number of carbonyl (C=O) groups excluding carboxylic acids is 3. The number of fused-ring (bicyclic) bond motifs is 3. The molecule has 15 heteroatoms. The van der Waals surface area contributed by atoms with Gasteiger partial charge in [-0.15, -0.1) is 0 Å². The third-order valence-electron chi connectivity index (χ3n) is 10.8. The monoisotopic (exact) mass is 715 g/mol. The minimum absolute atomic E-state index is 0.0363. The van der Waals surface area contributed by atoms with Gasteiger partial charge in [0.25, 0.3) is 0 Å². The van der Waals surface area contributed by atoms with Gasteiger partial charge in [0, 0.05) is 42.0 Å². The standard InChI is InChI=1S/C36H45NO14/c1-7-36(46)13-20(50-21-11-17(37(4)5)34(15(3)49-21)51-22-12-19(39)29(40)14(2)48-22)24-25(28(36)35(45)47-6)33(44)26-27(32(24)43)31(42)23-16(30(26)41)9-8-10-18(23)38/h8-10,14-15,17,19-22,28-29,34,38-40,43-44,46H,7,11-13H2,1-6H3/t14?,15?,17?,19?,20-,21?,22?,28-,29?,34?,36+/m0/s1. The molecule has 2 heterocycles. The number of phenols is 3. The third-order valence-corrected chi connectivity index (χ3v) is 10.8. The van der Waals surface area contributed by atoms with Gasteiger partial charge < -0.3 is 59.2 Å². The molecule has 0 bridgehead atoms. The SMILES string of the molecule is CC[C@@]1(O)C[C@H](OC2CC(N(C)C)C(OC3CC(O)C(O)C(C)O3)C(C)O2)c2c(O)c3c(c(O)c2[C@H]1C(=O)OC)C(=O)c1cccc(O)c1C3=O. The smallest absolute Gasteiger partial charge is 0.316 e. The van der Waals surface area contributed by atoms with Gasteiger partial charge in [-0.3, -0.25) is 14.4 Å². The summed E-state index contributed by atoms with van der Waals surface area (Å²) in [4.78, 5) is 42.9. The number of phenolic OH excluding ortho intramolecular Hbond substituents is 3. The first kappa shape index (κ1) is 37.1. The van der Waals surface area contributed by atoms with Crippen LogP contribution in [-0.2, 0) is 28.5 Å². The van der Waals surface area contributed by atoms with Crippen molar-refractivity contribution in [1.29, 1.82) is 0 Å². The van der Waals surface area contributed by atoms with Gasteiger partial charge in [-0.25, -0.2) is 0 Å². The van der Waals surface area contributed by atoms with Crippen LogP contribution < -0.4 is 0 Å². The minimum Gasteiger partial charge on any atom is -0.507 e. The quantitative estimate of drug-likeness (QED) is 0.152. The average Bonchev–Trinajstić information content (AvgIpc) is 3.07. The second-order valence-corrected chi connectivity index (χ2v) is 14.1. The number of hydrogen-bond donors (Lipinski definition) is 6. The van der Waals surface area contributed by atoms with E-state index in [2.05, 4.69) is 0 Å². The number of aliphatic hydroxyl groups is 3. The number of hydrogen-bond acceptors (Lipinski definition) is 15. The van der Waals surface area contributed by atoms with Gasteiger partial charge in [-0.05, 0) is 40.4 Å². The van der Waals surface area contributed by atoms with Crippen LogP contribution in [0, 0.1) is 0 Å². The number of carbonyl (C=O) groups is 3. The summed E-state index contributed by atoms with van der Waals surface area (Å²) in [5, 5.41) is 66.7. The van der Waals surface area contributed by atoms with E-state index in [1.54, 1.807) is 20.8 Å². The summed E-state index contributed by atoms with van der Waals surface area (Å²) in [7, 11) is 4.76. The fraction of sp³-hybridized carbons (Fsp3) is 0.583. The van der Waals surface area contributed by atoms with Crippen LogP contribution in [0.4, 0.5) is 0 Å². The molecule has 0 radical (unpaired) electrons. The highest BCUT2D eigenvalue weighted by Gasteiger charge is 2.55. The lowest BCUT2D eigenvalue weighted by atomic mass is 9.66. The average molecular weight is 716 g/mol. The second-order valence-electron chi connectivity index (χ2n) is 14.1. The molecule has 278 valence electrons. The van der Waals surface area contributed by atoms with E-state index in [0.717, 1.165) is 7.11 Å². The number of ether oxygens (including phenoxy) is 5. The first-order valence-corrected chi connectivity index (χ1v) is 17.0. The highest BCUT2D eigenvalue weighted by Crippen LogP contribution is 2.57. The lowest BCUT2D eigenvalue weighted by molar-refractivity contribution is -0.310. The molecule has 6 rings (SSSR count). The van der Waals surface area contributed by atoms with Crippen molar-refractivity contribution in [3.05, 3.63) is 51.6 Å². The maximum atomic E-state index is 13.9. The van der Waals surface area contributed by atoms with E-state index in [0.29, 0.717) is 0 Å². The summed E-state index contributed by atoms with van der Waals surface area (Å²) in [5.74, 6) is -6.38. The van der Waals surface area contributed by atoms with Crippen LogP contribution in [-0.4, -0.2) is 129 Å². The van der Waals surface area contributed by atoms with Gasteiger partial charge in [-0.2, -0.15) is 0 Å². The van der Waals surface area contributed by atoms with Crippen LogP contribution in [0.25, 0.3) is 0 Å². The fourth-order valence-electron chi connectivity index (χ4n) is 8.06. The molecule has 2 saturated heterocycles. The molecule has 2 aliphatic carbocycles. The van der Waals surface area contributed by atoms with Crippen LogP contribution in [0.3, 0.4) is 0 Å².